The van der Waals surface area contributed by atoms with Crippen LogP contribution < -0.4 is 0 Å². The Morgan fingerprint density at radius 1 is 1.29 bits per heavy atom. The molecular formula is C11H11NO2. The highest BCUT2D eigenvalue weighted by atomic mass is 16.2. The van der Waals surface area contributed by atoms with Gasteiger partial charge < -0.3 is 0 Å². The summed E-state index contributed by atoms with van der Waals surface area (Å²) in [5, 5.41) is 0. The quantitative estimate of drug-likeness (QED) is 0.494. The molecule has 0 saturated carbocycles. The Hall–Kier alpha value is -1.64. The van der Waals surface area contributed by atoms with Gasteiger partial charge in [-0.2, -0.15) is 0 Å². The predicted octanol–water partition coefficient (Wildman–Crippen LogP) is 1.37. The average Bonchev–Trinajstić information content (AvgIpc) is 2.16. The number of benzene rings is 1. The number of carbonyl (C=O) groups excluding carboxylic acids is 2. The molecule has 0 spiro atoms. The van der Waals surface area contributed by atoms with Crippen molar-refractivity contribution < 1.29 is 9.59 Å². The summed E-state index contributed by atoms with van der Waals surface area (Å²) >= 11 is 0. The molecule has 1 aromatic rings. The fourth-order valence-corrected chi connectivity index (χ4v) is 1.38. The molecule has 72 valence electrons. The topological polar surface area (TPSA) is 37.4 Å². The Morgan fingerprint density at radius 2 is 1.93 bits per heavy atom. The molecule has 0 unspecified atom stereocenters. The van der Waals surface area contributed by atoms with Gasteiger partial charge in [-0.1, -0.05) is 17.7 Å². The van der Waals surface area contributed by atoms with Crippen LogP contribution in [0.1, 0.15) is 22.3 Å². The highest BCUT2D eigenvalue weighted by molar-refractivity contribution is 6.07. The molecule has 0 bridgehead atoms. The van der Waals surface area contributed by atoms with E-state index in [4.69, 9.17) is 0 Å². The highest BCUT2D eigenvalue weighted by Crippen LogP contribution is 2.14. The van der Waals surface area contributed by atoms with Crippen LogP contribution in [0.4, 0.5) is 0 Å². The van der Waals surface area contributed by atoms with Crippen molar-refractivity contribution in [1.29, 1.82) is 0 Å². The fourth-order valence-electron chi connectivity index (χ4n) is 1.38. The first-order valence-electron chi connectivity index (χ1n) is 4.60. The van der Waals surface area contributed by atoms with Gasteiger partial charge in [0.2, 0.25) is 5.91 Å². The summed E-state index contributed by atoms with van der Waals surface area (Å²) in [7, 11) is 0. The van der Waals surface area contributed by atoms with Crippen LogP contribution in [0.15, 0.2) is 24.3 Å². The van der Waals surface area contributed by atoms with Crippen LogP contribution >= 0.6 is 0 Å². The summed E-state index contributed by atoms with van der Waals surface area (Å²) < 4.78 is 0. The zero-order valence-electron chi connectivity index (χ0n) is 7.99. The highest BCUT2D eigenvalue weighted by Gasteiger charge is 2.30. The smallest absolute Gasteiger partial charge is 0.260 e. The number of amides is 2. The van der Waals surface area contributed by atoms with Gasteiger partial charge in [0.1, 0.15) is 0 Å². The SMILES string of the molecule is Cc1ccc(C(=O)N2CCC2=O)cc1. The maximum absolute atomic E-state index is 11.7. The lowest BCUT2D eigenvalue weighted by molar-refractivity contribution is -0.135. The van der Waals surface area contributed by atoms with E-state index in [0.29, 0.717) is 18.5 Å². The summed E-state index contributed by atoms with van der Waals surface area (Å²) in [4.78, 5) is 24.0. The normalized spacial score (nSPS) is 15.2. The second-order valence-electron chi connectivity index (χ2n) is 3.47. The van der Waals surface area contributed by atoms with Crippen LogP contribution in [-0.2, 0) is 4.79 Å². The molecular weight excluding hydrogens is 178 g/mol. The van der Waals surface area contributed by atoms with Crippen LogP contribution in [0.3, 0.4) is 0 Å². The van der Waals surface area contributed by atoms with Gasteiger partial charge in [-0.15, -0.1) is 0 Å². The van der Waals surface area contributed by atoms with E-state index in [1.54, 1.807) is 12.1 Å². The zero-order chi connectivity index (χ0) is 10.1. The molecule has 1 heterocycles. The van der Waals surface area contributed by atoms with Crippen molar-refractivity contribution >= 4 is 11.8 Å². The predicted molar refractivity (Wildman–Crippen MR) is 51.8 cm³/mol. The number of nitrogens with zero attached hydrogens (tertiary/aromatic N) is 1. The van der Waals surface area contributed by atoms with Crippen LogP contribution in [0.2, 0.25) is 0 Å². The van der Waals surface area contributed by atoms with Gasteiger partial charge in [0.25, 0.3) is 5.91 Å². The van der Waals surface area contributed by atoms with Gasteiger partial charge in [-0.25, -0.2) is 0 Å². The van der Waals surface area contributed by atoms with Crippen molar-refractivity contribution in [2.75, 3.05) is 6.54 Å². The molecule has 2 rings (SSSR count). The molecule has 0 N–H and O–H groups in total. The number of rotatable bonds is 1. The molecule has 0 aromatic heterocycles. The molecule has 2 amide bonds. The number of β-lactam (4-membered cyclic amide) rings is 1. The summed E-state index contributed by atoms with van der Waals surface area (Å²) in [6.45, 7) is 2.52. The molecule has 3 heteroatoms. The Kier molecular flexibility index (Phi) is 2.08. The Morgan fingerprint density at radius 3 is 2.36 bits per heavy atom. The molecule has 3 nitrogen and oxygen atoms in total. The molecule has 1 aromatic carbocycles. The van der Waals surface area contributed by atoms with Gasteiger partial charge in [-0.3, -0.25) is 14.5 Å². The molecule has 0 radical (unpaired) electrons. The summed E-state index contributed by atoms with van der Waals surface area (Å²) in [6, 6.07) is 7.25. The summed E-state index contributed by atoms with van der Waals surface area (Å²) in [5.74, 6) is -0.253. The summed E-state index contributed by atoms with van der Waals surface area (Å²) in [5.41, 5.74) is 1.69. The largest absolute Gasteiger partial charge is 0.278 e. The van der Waals surface area contributed by atoms with Crippen molar-refractivity contribution in [1.82, 2.24) is 4.90 Å². The number of aryl methyl sites for hydroxylation is 1. The fraction of sp³-hybridized carbons (Fsp3) is 0.273. The lowest BCUT2D eigenvalue weighted by atomic mass is 10.1. The molecule has 1 saturated heterocycles. The first-order chi connectivity index (χ1) is 6.68. The molecule has 0 aliphatic carbocycles. The van der Waals surface area contributed by atoms with E-state index in [1.165, 1.54) is 4.90 Å². The van der Waals surface area contributed by atoms with Crippen molar-refractivity contribution in [2.45, 2.75) is 13.3 Å². The van der Waals surface area contributed by atoms with Crippen molar-refractivity contribution in [3.05, 3.63) is 35.4 Å². The lowest BCUT2D eigenvalue weighted by Gasteiger charge is -2.28. The van der Waals surface area contributed by atoms with Crippen LogP contribution in [0.5, 0.6) is 0 Å². The first-order valence-corrected chi connectivity index (χ1v) is 4.60. The second-order valence-corrected chi connectivity index (χ2v) is 3.47. The van der Waals surface area contributed by atoms with E-state index < -0.39 is 0 Å². The minimum Gasteiger partial charge on any atom is -0.278 e. The first kappa shape index (κ1) is 8.94. The minimum absolute atomic E-state index is 0.0735. The van der Waals surface area contributed by atoms with Gasteiger partial charge in [0.05, 0.1) is 0 Å². The Balaban J connectivity index is 2.19. The zero-order valence-corrected chi connectivity index (χ0v) is 7.99. The third-order valence-corrected chi connectivity index (χ3v) is 2.39. The average molecular weight is 189 g/mol. The number of hydrogen-bond acceptors (Lipinski definition) is 2. The van der Waals surface area contributed by atoms with Crippen LogP contribution in [-0.4, -0.2) is 23.3 Å². The standard InChI is InChI=1S/C11H11NO2/c1-8-2-4-9(5-3-8)11(14)12-7-6-10(12)13/h2-5H,6-7H2,1H3. The minimum atomic E-state index is -0.179. The van der Waals surface area contributed by atoms with E-state index in [2.05, 4.69) is 0 Å². The van der Waals surface area contributed by atoms with Crippen molar-refractivity contribution in [3.63, 3.8) is 0 Å². The molecule has 1 aliphatic rings. The molecule has 1 fully saturated rings. The molecule has 14 heavy (non-hydrogen) atoms. The molecule has 1 aliphatic heterocycles. The monoisotopic (exact) mass is 189 g/mol. The molecule has 0 atom stereocenters. The third-order valence-electron chi connectivity index (χ3n) is 2.39. The van der Waals surface area contributed by atoms with Crippen LogP contribution in [0, 0.1) is 6.92 Å². The van der Waals surface area contributed by atoms with Crippen molar-refractivity contribution in [2.24, 2.45) is 0 Å². The number of hydrogen-bond donors (Lipinski definition) is 0. The van der Waals surface area contributed by atoms with Crippen molar-refractivity contribution in [3.8, 4) is 0 Å². The number of imide groups is 1. The number of carbonyl (C=O) groups is 2. The second kappa shape index (κ2) is 3.25. The van der Waals surface area contributed by atoms with E-state index >= 15 is 0 Å². The Bertz CT molecular complexity index is 381. The Labute approximate surface area is 82.3 Å². The number of likely N-dealkylation sites (tertiary alicyclic amines) is 1. The van der Waals surface area contributed by atoms with E-state index in [9.17, 15) is 9.59 Å². The lowest BCUT2D eigenvalue weighted by Crippen LogP contribution is -2.47. The van der Waals surface area contributed by atoms with Gasteiger partial charge in [0.15, 0.2) is 0 Å². The van der Waals surface area contributed by atoms with E-state index in [0.717, 1.165) is 5.56 Å². The van der Waals surface area contributed by atoms with Gasteiger partial charge in [0, 0.05) is 18.5 Å². The van der Waals surface area contributed by atoms with Gasteiger partial charge >= 0.3 is 0 Å². The maximum atomic E-state index is 11.7. The van der Waals surface area contributed by atoms with E-state index in [1.807, 2.05) is 19.1 Å². The maximum Gasteiger partial charge on any atom is 0.260 e. The van der Waals surface area contributed by atoms with E-state index in [-0.39, 0.29) is 11.8 Å². The summed E-state index contributed by atoms with van der Waals surface area (Å²) in [6.07, 6.45) is 0.498. The third kappa shape index (κ3) is 1.41. The van der Waals surface area contributed by atoms with Gasteiger partial charge in [-0.05, 0) is 19.1 Å². The van der Waals surface area contributed by atoms with Crippen LogP contribution in [0.25, 0.3) is 0 Å².